The third-order valence-corrected chi connectivity index (χ3v) is 10.9. The maximum Gasteiger partial charge on any atom is 0.289 e. The zero-order valence-electron chi connectivity index (χ0n) is 28.9. The van der Waals surface area contributed by atoms with Gasteiger partial charge in [0, 0.05) is 35.9 Å². The molecule has 266 valence electrons. The highest BCUT2D eigenvalue weighted by molar-refractivity contribution is 6.38. The van der Waals surface area contributed by atoms with Crippen LogP contribution in [0.2, 0.25) is 5.02 Å². The van der Waals surface area contributed by atoms with E-state index >= 15 is 0 Å². The highest BCUT2D eigenvalue weighted by Gasteiger charge is 2.56. The summed E-state index contributed by atoms with van der Waals surface area (Å²) < 4.78 is 0. The van der Waals surface area contributed by atoms with Gasteiger partial charge in [-0.15, -0.1) is 0 Å². The standard InChI is InChI=1S/C37H50ClN5O6/c1-36(2,3)32(41-30(44)17-22-8-5-4-6-9-22)35(48)43-21-37(19-28(42-49-37)24-10-7-11-25(38)18-24)20-29(43)33(46)40-27(16-23-12-13-23)31(45)34(47)39-26-14-15-26/h7,10-11,18,22-23,26-27,29,32H,4-6,8-9,12-17,19-21H2,1-3H3,(H,39,47)(H,40,46)(H,41,44)/t27-,29-,32+,37+/m0/s1. The molecule has 3 N–H and O–H groups in total. The van der Waals surface area contributed by atoms with Crippen LogP contribution in [0.5, 0.6) is 0 Å². The summed E-state index contributed by atoms with van der Waals surface area (Å²) in [4.78, 5) is 75.9. The van der Waals surface area contributed by atoms with Crippen LogP contribution in [0.3, 0.4) is 0 Å². The highest BCUT2D eigenvalue weighted by Crippen LogP contribution is 2.41. The van der Waals surface area contributed by atoms with E-state index in [-0.39, 0.29) is 30.8 Å². The van der Waals surface area contributed by atoms with Crippen molar-refractivity contribution in [3.8, 4) is 0 Å². The van der Waals surface area contributed by atoms with Gasteiger partial charge in [-0.1, -0.05) is 81.8 Å². The lowest BCUT2D eigenvalue weighted by Gasteiger charge is -2.36. The number of hydrogen-bond acceptors (Lipinski definition) is 7. The van der Waals surface area contributed by atoms with Crippen molar-refractivity contribution in [3.63, 3.8) is 0 Å². The van der Waals surface area contributed by atoms with E-state index in [1.165, 1.54) is 11.3 Å². The molecular weight excluding hydrogens is 646 g/mol. The van der Waals surface area contributed by atoms with Crippen LogP contribution in [0.15, 0.2) is 29.4 Å². The molecule has 5 aliphatic rings. The number of rotatable bonds is 12. The predicted molar refractivity (Wildman–Crippen MR) is 185 cm³/mol. The Hall–Kier alpha value is -3.47. The van der Waals surface area contributed by atoms with E-state index in [0.29, 0.717) is 35.9 Å². The summed E-state index contributed by atoms with van der Waals surface area (Å²) in [7, 11) is 0. The predicted octanol–water partition coefficient (Wildman–Crippen LogP) is 4.44. The average Bonchev–Trinajstić information content (AvgIpc) is 3.99. The van der Waals surface area contributed by atoms with Gasteiger partial charge >= 0.3 is 0 Å². The lowest BCUT2D eigenvalue weighted by molar-refractivity contribution is -0.145. The SMILES string of the molecule is CC(C)(C)[C@H](NC(=O)CC1CCCCC1)C(=O)N1C[C@@]2(CC(c3cccc(Cl)c3)=NO2)C[C@H]1C(=O)N[C@@H](CC1CC1)C(=O)C(=O)NC1CC1. The van der Waals surface area contributed by atoms with Crippen molar-refractivity contribution in [2.24, 2.45) is 22.4 Å². The number of Topliss-reactive ketones (excluding diaryl/α,β-unsaturated/α-hetero) is 1. The topological polar surface area (TPSA) is 146 Å². The molecule has 3 aliphatic carbocycles. The molecule has 0 bridgehead atoms. The summed E-state index contributed by atoms with van der Waals surface area (Å²) in [6.07, 6.45) is 10.2. The summed E-state index contributed by atoms with van der Waals surface area (Å²) in [6, 6.07) is 4.37. The van der Waals surface area contributed by atoms with Gasteiger partial charge in [-0.2, -0.15) is 0 Å². The molecule has 1 aromatic carbocycles. The third-order valence-electron chi connectivity index (χ3n) is 10.6. The summed E-state index contributed by atoms with van der Waals surface area (Å²) >= 11 is 6.26. The van der Waals surface area contributed by atoms with Crippen molar-refractivity contribution in [2.45, 2.75) is 134 Å². The molecular formula is C37H50ClN5O6. The van der Waals surface area contributed by atoms with E-state index in [9.17, 15) is 24.0 Å². The van der Waals surface area contributed by atoms with Gasteiger partial charge < -0.3 is 25.7 Å². The minimum atomic E-state index is -1.01. The van der Waals surface area contributed by atoms with Crippen molar-refractivity contribution in [2.75, 3.05) is 6.54 Å². The molecule has 4 amide bonds. The second-order valence-corrected chi connectivity index (χ2v) is 16.5. The Labute approximate surface area is 293 Å². The van der Waals surface area contributed by atoms with Crippen LogP contribution >= 0.6 is 11.6 Å². The number of nitrogens with zero attached hydrogens (tertiary/aromatic N) is 2. The first kappa shape index (κ1) is 35.4. The largest absolute Gasteiger partial charge is 0.387 e. The number of oxime groups is 1. The number of amides is 4. The highest BCUT2D eigenvalue weighted by atomic mass is 35.5. The Morgan fingerprint density at radius 1 is 1.00 bits per heavy atom. The maximum atomic E-state index is 14.6. The minimum absolute atomic E-state index is 0.00684. The first-order valence-corrected chi connectivity index (χ1v) is 18.4. The van der Waals surface area contributed by atoms with Crippen molar-refractivity contribution >= 4 is 46.7 Å². The normalized spacial score (nSPS) is 25.3. The maximum absolute atomic E-state index is 14.6. The van der Waals surface area contributed by atoms with Gasteiger partial charge in [-0.05, 0) is 61.5 Å². The Bertz CT molecular complexity index is 1490. The Morgan fingerprint density at radius 2 is 1.73 bits per heavy atom. The third kappa shape index (κ3) is 8.83. The van der Waals surface area contributed by atoms with Crippen molar-refractivity contribution in [1.29, 1.82) is 0 Å². The van der Waals surface area contributed by atoms with Gasteiger partial charge in [-0.25, -0.2) is 0 Å². The van der Waals surface area contributed by atoms with E-state index in [1.54, 1.807) is 12.1 Å². The number of ketones is 1. The van der Waals surface area contributed by atoms with Crippen LogP contribution in [-0.2, 0) is 28.8 Å². The van der Waals surface area contributed by atoms with Gasteiger partial charge in [0.2, 0.25) is 23.5 Å². The van der Waals surface area contributed by atoms with Gasteiger partial charge in [-0.3, -0.25) is 24.0 Å². The van der Waals surface area contributed by atoms with Gasteiger partial charge in [0.05, 0.1) is 18.3 Å². The second kappa shape index (κ2) is 14.4. The van der Waals surface area contributed by atoms with Crippen molar-refractivity contribution < 1.29 is 28.8 Å². The molecule has 6 rings (SSSR count). The quantitative estimate of drug-likeness (QED) is 0.276. The summed E-state index contributed by atoms with van der Waals surface area (Å²) in [5.74, 6) is -1.88. The molecule has 12 heteroatoms. The smallest absolute Gasteiger partial charge is 0.289 e. The summed E-state index contributed by atoms with van der Waals surface area (Å²) in [5.41, 5.74) is -0.221. The zero-order chi connectivity index (χ0) is 34.9. The fourth-order valence-corrected chi connectivity index (χ4v) is 7.66. The number of benzene rings is 1. The van der Waals surface area contributed by atoms with Crippen LogP contribution in [0.4, 0.5) is 0 Å². The molecule has 4 atom stereocenters. The molecule has 1 aromatic rings. The van der Waals surface area contributed by atoms with E-state index in [1.807, 2.05) is 32.9 Å². The Balaban J connectivity index is 1.23. The van der Waals surface area contributed by atoms with E-state index in [2.05, 4.69) is 21.1 Å². The lowest BCUT2D eigenvalue weighted by Crippen LogP contribution is -2.59. The zero-order valence-corrected chi connectivity index (χ0v) is 29.7. The minimum Gasteiger partial charge on any atom is -0.387 e. The number of likely N-dealkylation sites (tertiary alicyclic amines) is 1. The molecule has 0 aromatic heterocycles. The summed E-state index contributed by atoms with van der Waals surface area (Å²) in [5, 5.41) is 13.6. The van der Waals surface area contributed by atoms with Gasteiger partial charge in [0.1, 0.15) is 12.1 Å². The fourth-order valence-electron chi connectivity index (χ4n) is 7.47. The van der Waals surface area contributed by atoms with Crippen LogP contribution in [0.1, 0.15) is 110 Å². The number of halogens is 1. The number of hydrogen-bond donors (Lipinski definition) is 3. The average molecular weight is 696 g/mol. The molecule has 4 fully saturated rings. The Morgan fingerprint density at radius 3 is 2.39 bits per heavy atom. The molecule has 11 nitrogen and oxygen atoms in total. The molecule has 0 unspecified atom stereocenters. The van der Waals surface area contributed by atoms with Crippen LogP contribution in [-0.4, -0.2) is 76.3 Å². The van der Waals surface area contributed by atoms with Crippen molar-refractivity contribution in [1.82, 2.24) is 20.9 Å². The molecule has 3 saturated carbocycles. The molecule has 1 spiro atoms. The number of carbonyl (C=O) groups excluding carboxylic acids is 5. The van der Waals surface area contributed by atoms with Gasteiger partial charge in [0.15, 0.2) is 5.60 Å². The van der Waals surface area contributed by atoms with E-state index in [0.717, 1.165) is 56.9 Å². The summed E-state index contributed by atoms with van der Waals surface area (Å²) in [6.45, 7) is 5.75. The molecule has 49 heavy (non-hydrogen) atoms. The first-order valence-electron chi connectivity index (χ1n) is 18.1. The van der Waals surface area contributed by atoms with Crippen molar-refractivity contribution in [3.05, 3.63) is 34.9 Å². The van der Waals surface area contributed by atoms with Gasteiger partial charge in [0.25, 0.3) is 5.91 Å². The molecule has 0 radical (unpaired) electrons. The van der Waals surface area contributed by atoms with Crippen LogP contribution < -0.4 is 16.0 Å². The second-order valence-electron chi connectivity index (χ2n) is 16.1. The molecule has 2 heterocycles. The van der Waals surface area contributed by atoms with E-state index < -0.39 is 52.6 Å². The monoisotopic (exact) mass is 695 g/mol. The lowest BCUT2D eigenvalue weighted by atomic mass is 9.84. The number of carbonyl (C=O) groups is 5. The molecule has 2 aliphatic heterocycles. The van der Waals surface area contributed by atoms with Crippen LogP contribution in [0, 0.1) is 17.3 Å². The first-order chi connectivity index (χ1) is 23.3. The van der Waals surface area contributed by atoms with E-state index in [4.69, 9.17) is 16.4 Å². The fraction of sp³-hybridized carbons (Fsp3) is 0.676. The number of nitrogens with one attached hydrogen (secondary N) is 3. The molecule has 1 saturated heterocycles. The Kier molecular flexibility index (Phi) is 10.4. The van der Waals surface area contributed by atoms with Crippen LogP contribution in [0.25, 0.3) is 0 Å².